The van der Waals surface area contributed by atoms with E-state index in [-0.39, 0.29) is 18.0 Å². The number of likely N-dealkylation sites (tertiary alicyclic amines) is 1. The molecule has 1 atom stereocenters. The summed E-state index contributed by atoms with van der Waals surface area (Å²) in [5, 5.41) is 2.79. The first kappa shape index (κ1) is 17.4. The van der Waals surface area contributed by atoms with Gasteiger partial charge in [-0.3, -0.25) is 9.69 Å². The van der Waals surface area contributed by atoms with Crippen LogP contribution in [-0.2, 0) is 0 Å². The summed E-state index contributed by atoms with van der Waals surface area (Å²) in [5.74, 6) is 0.801. The number of urea groups is 1. The van der Waals surface area contributed by atoms with Crippen LogP contribution in [0.1, 0.15) is 34.8 Å². The molecule has 140 valence electrons. The molecule has 0 bridgehead atoms. The first-order valence-corrected chi connectivity index (χ1v) is 9.28. The predicted octanol–water partition coefficient (Wildman–Crippen LogP) is 3.20. The number of nitrogens with zero attached hydrogens (tertiary/aromatic N) is 2. The van der Waals surface area contributed by atoms with Crippen LogP contribution < -0.4 is 15.0 Å². The monoisotopic (exact) mass is 365 g/mol. The van der Waals surface area contributed by atoms with E-state index >= 15 is 0 Å². The van der Waals surface area contributed by atoms with Crippen molar-refractivity contribution >= 4 is 17.6 Å². The minimum atomic E-state index is -0.116. The number of hydrogen-bond donors (Lipinski definition) is 1. The molecule has 6 heteroatoms. The minimum Gasteiger partial charge on any atom is -0.497 e. The fourth-order valence-electron chi connectivity index (χ4n) is 3.90. The van der Waals surface area contributed by atoms with Crippen LogP contribution >= 0.6 is 0 Å². The highest BCUT2D eigenvalue weighted by Gasteiger charge is 2.31. The number of carbonyl (C=O) groups excluding carboxylic acids is 2. The van der Waals surface area contributed by atoms with E-state index in [1.165, 1.54) is 0 Å². The molecule has 27 heavy (non-hydrogen) atoms. The van der Waals surface area contributed by atoms with E-state index in [2.05, 4.69) is 5.32 Å². The molecule has 0 spiro atoms. The van der Waals surface area contributed by atoms with Crippen LogP contribution in [0.15, 0.2) is 48.5 Å². The second-order valence-electron chi connectivity index (χ2n) is 6.87. The molecule has 3 amide bonds. The van der Waals surface area contributed by atoms with Crippen molar-refractivity contribution in [1.29, 1.82) is 0 Å². The molecule has 2 aromatic carbocycles. The van der Waals surface area contributed by atoms with E-state index in [4.69, 9.17) is 4.74 Å². The SMILES string of the molecule is COc1cccc([C@H]2CCCN2C(=O)c2cccc(N3CCNC3=O)c2)c1. The van der Waals surface area contributed by atoms with Gasteiger partial charge >= 0.3 is 6.03 Å². The molecular formula is C21H23N3O3. The van der Waals surface area contributed by atoms with Crippen LogP contribution in [0.25, 0.3) is 0 Å². The van der Waals surface area contributed by atoms with Crippen LogP contribution in [0.4, 0.5) is 10.5 Å². The molecule has 0 aliphatic carbocycles. The van der Waals surface area contributed by atoms with Gasteiger partial charge in [0.15, 0.2) is 0 Å². The third-order valence-electron chi connectivity index (χ3n) is 5.25. The summed E-state index contributed by atoms with van der Waals surface area (Å²) in [5.41, 5.74) is 2.46. The fourth-order valence-corrected chi connectivity index (χ4v) is 3.90. The van der Waals surface area contributed by atoms with Crippen LogP contribution in [0.3, 0.4) is 0 Å². The van der Waals surface area contributed by atoms with Gasteiger partial charge in [0.05, 0.1) is 13.2 Å². The zero-order chi connectivity index (χ0) is 18.8. The molecule has 0 radical (unpaired) electrons. The molecule has 2 fully saturated rings. The lowest BCUT2D eigenvalue weighted by Crippen LogP contribution is -2.31. The lowest BCUT2D eigenvalue weighted by molar-refractivity contribution is 0.0735. The number of hydrogen-bond acceptors (Lipinski definition) is 3. The molecule has 1 N–H and O–H groups in total. The standard InChI is InChI=1S/C21H23N3O3/c1-27-18-8-3-5-15(14-18)19-9-4-11-24(19)20(25)16-6-2-7-17(13-16)23-12-10-22-21(23)26/h2-3,5-8,13-14,19H,4,9-12H2,1H3,(H,22,26)/t19-/m1/s1. The zero-order valence-electron chi connectivity index (χ0n) is 15.4. The summed E-state index contributed by atoms with van der Waals surface area (Å²) in [6, 6.07) is 15.2. The van der Waals surface area contributed by atoms with Gasteiger partial charge in [-0.1, -0.05) is 18.2 Å². The quantitative estimate of drug-likeness (QED) is 0.905. The summed E-state index contributed by atoms with van der Waals surface area (Å²) < 4.78 is 5.33. The zero-order valence-corrected chi connectivity index (χ0v) is 15.4. The van der Waals surface area contributed by atoms with Gasteiger partial charge in [0.2, 0.25) is 0 Å². The second kappa shape index (κ2) is 7.31. The van der Waals surface area contributed by atoms with Crippen LogP contribution in [-0.4, -0.2) is 43.6 Å². The Hall–Kier alpha value is -3.02. The van der Waals surface area contributed by atoms with Gasteiger partial charge in [0, 0.05) is 30.9 Å². The van der Waals surface area contributed by atoms with Gasteiger partial charge in [0.1, 0.15) is 5.75 Å². The number of ether oxygens (including phenoxy) is 1. The van der Waals surface area contributed by atoms with Crippen molar-refractivity contribution in [2.45, 2.75) is 18.9 Å². The summed E-state index contributed by atoms with van der Waals surface area (Å²) in [6.07, 6.45) is 1.91. The van der Waals surface area contributed by atoms with E-state index in [0.29, 0.717) is 18.7 Å². The molecule has 2 aromatic rings. The molecule has 2 heterocycles. The van der Waals surface area contributed by atoms with Crippen molar-refractivity contribution in [1.82, 2.24) is 10.2 Å². The van der Waals surface area contributed by atoms with Gasteiger partial charge in [-0.05, 0) is 48.7 Å². The lowest BCUT2D eigenvalue weighted by atomic mass is 10.0. The van der Waals surface area contributed by atoms with Crippen molar-refractivity contribution in [2.75, 3.05) is 31.6 Å². The van der Waals surface area contributed by atoms with Crippen molar-refractivity contribution in [2.24, 2.45) is 0 Å². The topological polar surface area (TPSA) is 61.9 Å². The smallest absolute Gasteiger partial charge is 0.321 e. The average Bonchev–Trinajstić information content (AvgIpc) is 3.36. The maximum atomic E-state index is 13.2. The summed E-state index contributed by atoms with van der Waals surface area (Å²) in [4.78, 5) is 28.7. The molecule has 2 aliphatic rings. The Balaban J connectivity index is 1.59. The Labute approximate surface area is 158 Å². The van der Waals surface area contributed by atoms with E-state index in [9.17, 15) is 9.59 Å². The maximum absolute atomic E-state index is 13.2. The number of amides is 3. The Morgan fingerprint density at radius 3 is 2.78 bits per heavy atom. The van der Waals surface area contributed by atoms with Crippen LogP contribution in [0.5, 0.6) is 5.75 Å². The molecular weight excluding hydrogens is 342 g/mol. The molecule has 2 aliphatic heterocycles. The number of rotatable bonds is 4. The highest BCUT2D eigenvalue weighted by atomic mass is 16.5. The van der Waals surface area contributed by atoms with Gasteiger partial charge in [0.25, 0.3) is 5.91 Å². The number of anilines is 1. The highest BCUT2D eigenvalue weighted by molar-refractivity contribution is 5.98. The van der Waals surface area contributed by atoms with Crippen molar-refractivity contribution in [3.8, 4) is 5.75 Å². The lowest BCUT2D eigenvalue weighted by Gasteiger charge is -2.26. The number of nitrogens with one attached hydrogen (secondary N) is 1. The van der Waals surface area contributed by atoms with E-state index in [1.807, 2.05) is 53.4 Å². The van der Waals surface area contributed by atoms with Crippen LogP contribution in [0.2, 0.25) is 0 Å². The number of benzene rings is 2. The first-order chi connectivity index (χ1) is 13.2. The van der Waals surface area contributed by atoms with Gasteiger partial charge in [-0.25, -0.2) is 4.79 Å². The van der Waals surface area contributed by atoms with Gasteiger partial charge < -0.3 is 15.0 Å². The minimum absolute atomic E-state index is 0.00164. The Morgan fingerprint density at radius 2 is 2.00 bits per heavy atom. The van der Waals surface area contributed by atoms with Crippen LogP contribution in [0, 0.1) is 0 Å². The van der Waals surface area contributed by atoms with Crippen molar-refractivity contribution < 1.29 is 14.3 Å². The summed E-state index contributed by atoms with van der Waals surface area (Å²) in [6.45, 7) is 1.98. The Bertz CT molecular complexity index is 867. The highest BCUT2D eigenvalue weighted by Crippen LogP contribution is 2.35. The van der Waals surface area contributed by atoms with E-state index in [1.54, 1.807) is 12.0 Å². The second-order valence-corrected chi connectivity index (χ2v) is 6.87. The normalized spacial score (nSPS) is 19.3. The Kier molecular flexibility index (Phi) is 4.71. The van der Waals surface area contributed by atoms with E-state index in [0.717, 1.165) is 36.4 Å². The third kappa shape index (κ3) is 3.35. The molecule has 2 saturated heterocycles. The molecule has 0 unspecified atom stereocenters. The predicted molar refractivity (Wildman–Crippen MR) is 103 cm³/mol. The molecule has 6 nitrogen and oxygen atoms in total. The van der Waals surface area contributed by atoms with Crippen molar-refractivity contribution in [3.05, 3.63) is 59.7 Å². The largest absolute Gasteiger partial charge is 0.497 e. The molecule has 4 rings (SSSR count). The number of methoxy groups -OCH3 is 1. The first-order valence-electron chi connectivity index (χ1n) is 9.28. The summed E-state index contributed by atoms with van der Waals surface area (Å²) in [7, 11) is 1.65. The maximum Gasteiger partial charge on any atom is 0.321 e. The molecule has 0 saturated carbocycles. The van der Waals surface area contributed by atoms with Gasteiger partial charge in [-0.15, -0.1) is 0 Å². The van der Waals surface area contributed by atoms with Crippen molar-refractivity contribution in [3.63, 3.8) is 0 Å². The molecule has 0 aromatic heterocycles. The van der Waals surface area contributed by atoms with Gasteiger partial charge in [-0.2, -0.15) is 0 Å². The third-order valence-corrected chi connectivity index (χ3v) is 5.25. The van der Waals surface area contributed by atoms with E-state index < -0.39 is 0 Å². The number of carbonyl (C=O) groups is 2. The summed E-state index contributed by atoms with van der Waals surface area (Å²) >= 11 is 0. The Morgan fingerprint density at radius 1 is 1.15 bits per heavy atom. The fraction of sp³-hybridized carbons (Fsp3) is 0.333. The average molecular weight is 365 g/mol.